The first-order valence-corrected chi connectivity index (χ1v) is 5.96. The van der Waals surface area contributed by atoms with Crippen LogP contribution in [0.4, 0.5) is 5.95 Å². The molecule has 0 radical (unpaired) electrons. The molecule has 2 rings (SSSR count). The summed E-state index contributed by atoms with van der Waals surface area (Å²) < 4.78 is 0. The van der Waals surface area contributed by atoms with Gasteiger partial charge >= 0.3 is 0 Å². The Balaban J connectivity index is 1.77. The Labute approximate surface area is 101 Å². The van der Waals surface area contributed by atoms with E-state index in [9.17, 15) is 4.79 Å². The topological polar surface area (TPSA) is 66.9 Å². The molecule has 1 aliphatic rings. The van der Waals surface area contributed by atoms with Crippen molar-refractivity contribution in [1.82, 2.24) is 15.3 Å². The molecule has 1 aromatic heterocycles. The fourth-order valence-electron chi connectivity index (χ4n) is 1.61. The molecular formula is C12H18N4O. The number of aryl methyl sites for hydroxylation is 2. The third-order valence-corrected chi connectivity index (χ3v) is 2.67. The third-order valence-electron chi connectivity index (χ3n) is 2.67. The quantitative estimate of drug-likeness (QED) is 0.798. The molecule has 0 bridgehead atoms. The van der Waals surface area contributed by atoms with Gasteiger partial charge in [-0.3, -0.25) is 4.79 Å². The van der Waals surface area contributed by atoms with Gasteiger partial charge in [-0.2, -0.15) is 0 Å². The second-order valence-electron chi connectivity index (χ2n) is 4.58. The Morgan fingerprint density at radius 3 is 2.59 bits per heavy atom. The van der Waals surface area contributed by atoms with Gasteiger partial charge in [0.2, 0.25) is 11.9 Å². The van der Waals surface area contributed by atoms with E-state index < -0.39 is 0 Å². The van der Waals surface area contributed by atoms with E-state index in [1.807, 2.05) is 19.9 Å². The number of carbonyl (C=O) groups is 1. The van der Waals surface area contributed by atoms with Crippen LogP contribution in [-0.2, 0) is 4.79 Å². The highest BCUT2D eigenvalue weighted by Crippen LogP contribution is 2.27. The smallest absolute Gasteiger partial charge is 0.239 e. The molecule has 1 aliphatic carbocycles. The summed E-state index contributed by atoms with van der Waals surface area (Å²) in [6.45, 7) is 4.85. The Bertz CT molecular complexity index is 395. The maximum absolute atomic E-state index is 11.5. The Morgan fingerprint density at radius 1 is 1.35 bits per heavy atom. The molecule has 2 N–H and O–H groups in total. The van der Waals surface area contributed by atoms with Crippen molar-refractivity contribution in [2.24, 2.45) is 5.92 Å². The summed E-state index contributed by atoms with van der Waals surface area (Å²) in [5.74, 6) is 1.22. The predicted octanol–water partition coefficient (Wildman–Crippen LogP) is 1.03. The lowest BCUT2D eigenvalue weighted by Crippen LogP contribution is -2.31. The summed E-state index contributed by atoms with van der Waals surface area (Å²) in [6.07, 6.45) is 2.49. The number of amides is 1. The van der Waals surface area contributed by atoms with E-state index >= 15 is 0 Å². The van der Waals surface area contributed by atoms with Crippen LogP contribution in [0.2, 0.25) is 0 Å². The molecule has 0 aliphatic heterocycles. The van der Waals surface area contributed by atoms with Crippen LogP contribution in [0.3, 0.4) is 0 Å². The zero-order chi connectivity index (χ0) is 12.3. The molecule has 0 saturated heterocycles. The molecular weight excluding hydrogens is 216 g/mol. The van der Waals surface area contributed by atoms with E-state index in [-0.39, 0.29) is 12.5 Å². The number of hydrogen-bond acceptors (Lipinski definition) is 4. The maximum Gasteiger partial charge on any atom is 0.239 e. The molecule has 1 fully saturated rings. The van der Waals surface area contributed by atoms with E-state index in [2.05, 4.69) is 20.6 Å². The van der Waals surface area contributed by atoms with Gasteiger partial charge in [0.1, 0.15) is 0 Å². The standard InChI is InChI=1S/C12H18N4O/c1-8-5-9(2)16-12(15-8)14-7-11(17)13-6-10-3-4-10/h5,10H,3-4,6-7H2,1-2H3,(H,13,17)(H,14,15,16). The summed E-state index contributed by atoms with van der Waals surface area (Å²) in [5.41, 5.74) is 1.80. The molecule has 0 spiro atoms. The summed E-state index contributed by atoms with van der Waals surface area (Å²) in [4.78, 5) is 19.9. The van der Waals surface area contributed by atoms with Crippen LogP contribution in [0, 0.1) is 19.8 Å². The molecule has 5 heteroatoms. The van der Waals surface area contributed by atoms with Crippen molar-refractivity contribution in [2.75, 3.05) is 18.4 Å². The average Bonchev–Trinajstić information content (AvgIpc) is 3.06. The number of anilines is 1. The largest absolute Gasteiger partial charge is 0.354 e. The van der Waals surface area contributed by atoms with Crippen LogP contribution in [0.1, 0.15) is 24.2 Å². The van der Waals surface area contributed by atoms with Gasteiger partial charge in [0, 0.05) is 17.9 Å². The Kier molecular flexibility index (Phi) is 3.56. The summed E-state index contributed by atoms with van der Waals surface area (Å²) in [7, 11) is 0. The minimum Gasteiger partial charge on any atom is -0.354 e. The number of hydrogen-bond donors (Lipinski definition) is 2. The van der Waals surface area contributed by atoms with Crippen LogP contribution >= 0.6 is 0 Å². The molecule has 1 aromatic rings. The molecule has 0 unspecified atom stereocenters. The van der Waals surface area contributed by atoms with Crippen LogP contribution < -0.4 is 10.6 Å². The van der Waals surface area contributed by atoms with Gasteiger partial charge in [0.25, 0.3) is 0 Å². The van der Waals surface area contributed by atoms with Crippen molar-refractivity contribution in [2.45, 2.75) is 26.7 Å². The van der Waals surface area contributed by atoms with Crippen molar-refractivity contribution >= 4 is 11.9 Å². The first-order chi connectivity index (χ1) is 8.13. The number of rotatable bonds is 5. The van der Waals surface area contributed by atoms with Crippen molar-refractivity contribution in [1.29, 1.82) is 0 Å². The number of nitrogens with one attached hydrogen (secondary N) is 2. The molecule has 17 heavy (non-hydrogen) atoms. The second-order valence-corrected chi connectivity index (χ2v) is 4.58. The predicted molar refractivity (Wildman–Crippen MR) is 65.7 cm³/mol. The van der Waals surface area contributed by atoms with Crippen LogP contribution in [-0.4, -0.2) is 29.0 Å². The minimum absolute atomic E-state index is 0.000316. The van der Waals surface area contributed by atoms with Crippen LogP contribution in [0.25, 0.3) is 0 Å². The molecule has 1 saturated carbocycles. The highest BCUT2D eigenvalue weighted by Gasteiger charge is 2.21. The Morgan fingerprint density at radius 2 is 2.00 bits per heavy atom. The normalized spacial score (nSPS) is 14.5. The first kappa shape index (κ1) is 11.8. The fourth-order valence-corrected chi connectivity index (χ4v) is 1.61. The minimum atomic E-state index is -0.000316. The zero-order valence-corrected chi connectivity index (χ0v) is 10.3. The van der Waals surface area contributed by atoms with Crippen LogP contribution in [0.15, 0.2) is 6.07 Å². The lowest BCUT2D eigenvalue weighted by Gasteiger charge is -2.07. The summed E-state index contributed by atoms with van der Waals surface area (Å²) in [6, 6.07) is 1.90. The lowest BCUT2D eigenvalue weighted by molar-refractivity contribution is -0.119. The van der Waals surface area contributed by atoms with Gasteiger partial charge in [-0.1, -0.05) is 0 Å². The van der Waals surface area contributed by atoms with Crippen molar-refractivity contribution < 1.29 is 4.79 Å². The summed E-state index contributed by atoms with van der Waals surface area (Å²) >= 11 is 0. The van der Waals surface area contributed by atoms with Gasteiger partial charge in [-0.25, -0.2) is 9.97 Å². The SMILES string of the molecule is Cc1cc(C)nc(NCC(=O)NCC2CC2)n1. The van der Waals surface area contributed by atoms with Gasteiger partial charge < -0.3 is 10.6 Å². The third kappa shape index (κ3) is 4.01. The molecule has 5 nitrogen and oxygen atoms in total. The lowest BCUT2D eigenvalue weighted by atomic mass is 10.3. The molecule has 0 atom stereocenters. The number of carbonyl (C=O) groups excluding carboxylic acids is 1. The van der Waals surface area contributed by atoms with Gasteiger partial charge in [0.05, 0.1) is 6.54 Å². The van der Waals surface area contributed by atoms with Gasteiger partial charge in [0.15, 0.2) is 0 Å². The van der Waals surface area contributed by atoms with E-state index in [0.717, 1.165) is 17.9 Å². The summed E-state index contributed by atoms with van der Waals surface area (Å²) in [5, 5.41) is 5.82. The second kappa shape index (κ2) is 5.12. The van der Waals surface area contributed by atoms with Crippen molar-refractivity contribution in [3.05, 3.63) is 17.5 Å². The first-order valence-electron chi connectivity index (χ1n) is 5.96. The monoisotopic (exact) mass is 234 g/mol. The van der Waals surface area contributed by atoms with Gasteiger partial charge in [-0.05, 0) is 38.7 Å². The van der Waals surface area contributed by atoms with Gasteiger partial charge in [-0.15, -0.1) is 0 Å². The zero-order valence-electron chi connectivity index (χ0n) is 10.3. The molecule has 0 aromatic carbocycles. The van der Waals surface area contributed by atoms with E-state index in [1.165, 1.54) is 12.8 Å². The highest BCUT2D eigenvalue weighted by atomic mass is 16.1. The fraction of sp³-hybridized carbons (Fsp3) is 0.583. The van der Waals surface area contributed by atoms with E-state index in [0.29, 0.717) is 11.9 Å². The maximum atomic E-state index is 11.5. The molecule has 92 valence electrons. The molecule has 1 heterocycles. The van der Waals surface area contributed by atoms with E-state index in [1.54, 1.807) is 0 Å². The highest BCUT2D eigenvalue weighted by molar-refractivity contribution is 5.80. The number of nitrogens with zero attached hydrogens (tertiary/aromatic N) is 2. The van der Waals surface area contributed by atoms with E-state index in [4.69, 9.17) is 0 Å². The van der Waals surface area contributed by atoms with Crippen molar-refractivity contribution in [3.8, 4) is 0 Å². The molecule has 1 amide bonds. The van der Waals surface area contributed by atoms with Crippen LogP contribution in [0.5, 0.6) is 0 Å². The van der Waals surface area contributed by atoms with Crippen molar-refractivity contribution in [3.63, 3.8) is 0 Å². The Hall–Kier alpha value is -1.65. The number of aromatic nitrogens is 2. The average molecular weight is 234 g/mol.